The molecule has 0 N–H and O–H groups in total. The Hall–Kier alpha value is -1.73. The lowest BCUT2D eigenvalue weighted by Gasteiger charge is -1.81. The molecule has 0 bridgehead atoms. The first-order valence-electron chi connectivity index (χ1n) is 3.31. The van der Waals surface area contributed by atoms with E-state index < -0.39 is 0 Å². The summed E-state index contributed by atoms with van der Waals surface area (Å²) in [6, 6.07) is 9.10. The van der Waals surface area contributed by atoms with Crippen LogP contribution in [0.15, 0.2) is 35.3 Å². The fraction of sp³-hybridized carbons (Fsp3) is 0.111. The SMILES string of the molecule is CN=C=O.O=Cc1ccccc1. The molecule has 0 radical (unpaired) electrons. The number of hydrogen-bond donors (Lipinski definition) is 0. The van der Waals surface area contributed by atoms with Crippen molar-refractivity contribution in [3.8, 4) is 0 Å². The van der Waals surface area contributed by atoms with E-state index in [1.165, 1.54) is 13.1 Å². The highest BCUT2D eigenvalue weighted by molar-refractivity contribution is 5.74. The van der Waals surface area contributed by atoms with Crippen molar-refractivity contribution < 1.29 is 9.59 Å². The average molecular weight is 163 g/mol. The average Bonchev–Trinajstić information content (AvgIpc) is 2.19. The van der Waals surface area contributed by atoms with Crippen LogP contribution in [0.2, 0.25) is 0 Å². The Morgan fingerprint density at radius 2 is 1.83 bits per heavy atom. The minimum Gasteiger partial charge on any atom is -0.298 e. The second kappa shape index (κ2) is 7.38. The largest absolute Gasteiger partial charge is 0.298 e. The van der Waals surface area contributed by atoms with Crippen LogP contribution in [-0.2, 0) is 4.79 Å². The van der Waals surface area contributed by atoms with Crippen molar-refractivity contribution in [3.05, 3.63) is 35.9 Å². The van der Waals surface area contributed by atoms with Gasteiger partial charge in [0.1, 0.15) is 6.29 Å². The Balaban J connectivity index is 0.000000261. The number of aldehydes is 1. The molecule has 0 spiro atoms. The molecule has 0 aromatic heterocycles. The van der Waals surface area contributed by atoms with Crippen LogP contribution in [0, 0.1) is 0 Å². The van der Waals surface area contributed by atoms with E-state index in [1.807, 2.05) is 18.2 Å². The van der Waals surface area contributed by atoms with Crippen molar-refractivity contribution >= 4 is 12.4 Å². The summed E-state index contributed by atoms with van der Waals surface area (Å²) in [5.41, 5.74) is 0.729. The Kier molecular flexibility index (Phi) is 6.31. The van der Waals surface area contributed by atoms with Gasteiger partial charge in [0.15, 0.2) is 0 Å². The fourth-order valence-electron chi connectivity index (χ4n) is 0.532. The van der Waals surface area contributed by atoms with Gasteiger partial charge >= 0.3 is 0 Å². The van der Waals surface area contributed by atoms with Gasteiger partial charge in [0.25, 0.3) is 0 Å². The molecule has 0 saturated carbocycles. The highest BCUT2D eigenvalue weighted by Gasteiger charge is 1.79. The molecule has 3 nitrogen and oxygen atoms in total. The third kappa shape index (κ3) is 5.09. The van der Waals surface area contributed by atoms with Gasteiger partial charge in [0.05, 0.1) is 0 Å². The van der Waals surface area contributed by atoms with Crippen LogP contribution < -0.4 is 0 Å². The maximum Gasteiger partial charge on any atom is 0.234 e. The summed E-state index contributed by atoms with van der Waals surface area (Å²) in [6.45, 7) is 0. The normalized spacial score (nSPS) is 7.08. The molecular formula is C9H9NO2. The molecule has 0 aliphatic carbocycles. The van der Waals surface area contributed by atoms with Crippen LogP contribution >= 0.6 is 0 Å². The summed E-state index contributed by atoms with van der Waals surface area (Å²) in [6.07, 6.45) is 2.14. The van der Waals surface area contributed by atoms with Crippen molar-refractivity contribution in [2.75, 3.05) is 7.05 Å². The number of aliphatic imine (C=N–C) groups is 1. The summed E-state index contributed by atoms with van der Waals surface area (Å²) in [5.74, 6) is 0. The van der Waals surface area contributed by atoms with E-state index in [1.54, 1.807) is 12.1 Å². The van der Waals surface area contributed by atoms with Gasteiger partial charge in [-0.2, -0.15) is 0 Å². The molecule has 1 aromatic carbocycles. The summed E-state index contributed by atoms with van der Waals surface area (Å²) < 4.78 is 0. The molecule has 12 heavy (non-hydrogen) atoms. The minimum absolute atomic E-state index is 0.729. The quantitative estimate of drug-likeness (QED) is 0.357. The molecule has 0 atom stereocenters. The third-order valence-electron chi connectivity index (χ3n) is 1.03. The number of isocyanates is 1. The summed E-state index contributed by atoms with van der Waals surface area (Å²) >= 11 is 0. The predicted octanol–water partition coefficient (Wildman–Crippen LogP) is 1.45. The zero-order valence-corrected chi connectivity index (χ0v) is 6.73. The van der Waals surface area contributed by atoms with E-state index in [9.17, 15) is 4.79 Å². The summed E-state index contributed by atoms with van der Waals surface area (Å²) in [5, 5.41) is 0. The van der Waals surface area contributed by atoms with E-state index in [0.29, 0.717) is 0 Å². The zero-order chi connectivity index (χ0) is 9.23. The van der Waals surface area contributed by atoms with Gasteiger partial charge in [-0.25, -0.2) is 9.79 Å². The van der Waals surface area contributed by atoms with Crippen molar-refractivity contribution in [2.45, 2.75) is 0 Å². The van der Waals surface area contributed by atoms with Gasteiger partial charge in [0.2, 0.25) is 6.08 Å². The van der Waals surface area contributed by atoms with Crippen LogP contribution in [0.5, 0.6) is 0 Å². The van der Waals surface area contributed by atoms with Crippen molar-refractivity contribution in [2.24, 2.45) is 4.99 Å². The van der Waals surface area contributed by atoms with Gasteiger partial charge in [-0.05, 0) is 0 Å². The Morgan fingerprint density at radius 3 is 2.08 bits per heavy atom. The fourth-order valence-corrected chi connectivity index (χ4v) is 0.532. The van der Waals surface area contributed by atoms with Gasteiger partial charge < -0.3 is 0 Å². The molecule has 0 heterocycles. The Morgan fingerprint density at radius 1 is 1.33 bits per heavy atom. The number of carbonyl (C=O) groups is 1. The van der Waals surface area contributed by atoms with Gasteiger partial charge in [-0.3, -0.25) is 4.79 Å². The number of hydrogen-bond acceptors (Lipinski definition) is 3. The molecule has 3 heteroatoms. The highest BCUT2D eigenvalue weighted by Crippen LogP contribution is 1.91. The maximum absolute atomic E-state index is 10.0. The predicted molar refractivity (Wildman–Crippen MR) is 45.9 cm³/mol. The molecule has 0 fully saturated rings. The van der Waals surface area contributed by atoms with E-state index in [0.717, 1.165) is 11.8 Å². The van der Waals surface area contributed by atoms with Crippen LogP contribution in [-0.4, -0.2) is 19.4 Å². The van der Waals surface area contributed by atoms with Crippen LogP contribution in [0.4, 0.5) is 0 Å². The van der Waals surface area contributed by atoms with Gasteiger partial charge in [-0.1, -0.05) is 30.3 Å². The van der Waals surface area contributed by atoms with E-state index in [2.05, 4.69) is 4.99 Å². The smallest absolute Gasteiger partial charge is 0.234 e. The minimum atomic E-state index is 0.729. The molecule has 0 unspecified atom stereocenters. The van der Waals surface area contributed by atoms with Crippen molar-refractivity contribution in [1.82, 2.24) is 0 Å². The van der Waals surface area contributed by atoms with Crippen LogP contribution in [0.25, 0.3) is 0 Å². The van der Waals surface area contributed by atoms with Crippen LogP contribution in [0.3, 0.4) is 0 Å². The van der Waals surface area contributed by atoms with Gasteiger partial charge in [-0.15, -0.1) is 0 Å². The molecular weight excluding hydrogens is 154 g/mol. The lowest BCUT2D eigenvalue weighted by atomic mass is 10.2. The molecule has 0 aliphatic rings. The number of rotatable bonds is 1. The lowest BCUT2D eigenvalue weighted by Crippen LogP contribution is -1.73. The van der Waals surface area contributed by atoms with Crippen molar-refractivity contribution in [1.29, 1.82) is 0 Å². The van der Waals surface area contributed by atoms with E-state index >= 15 is 0 Å². The first-order chi connectivity index (χ1) is 5.85. The van der Waals surface area contributed by atoms with Crippen LogP contribution in [0.1, 0.15) is 10.4 Å². The summed E-state index contributed by atoms with van der Waals surface area (Å²) in [7, 11) is 1.38. The molecule has 62 valence electrons. The number of benzene rings is 1. The number of nitrogens with zero attached hydrogens (tertiary/aromatic N) is 1. The first-order valence-corrected chi connectivity index (χ1v) is 3.31. The van der Waals surface area contributed by atoms with Gasteiger partial charge in [0, 0.05) is 12.6 Å². The second-order valence-electron chi connectivity index (χ2n) is 1.84. The monoisotopic (exact) mass is 163 g/mol. The van der Waals surface area contributed by atoms with Crippen molar-refractivity contribution in [3.63, 3.8) is 0 Å². The molecule has 1 aromatic rings. The second-order valence-corrected chi connectivity index (χ2v) is 1.84. The zero-order valence-electron chi connectivity index (χ0n) is 6.73. The third-order valence-corrected chi connectivity index (χ3v) is 1.03. The maximum atomic E-state index is 10.0. The standard InChI is InChI=1S/C7H6O.C2H3NO/c8-6-7-4-2-1-3-5-7;1-3-2-4/h1-6H;1H3. The first kappa shape index (κ1) is 10.3. The molecule has 0 saturated heterocycles. The Labute approximate surface area is 70.8 Å². The van der Waals surface area contributed by atoms with E-state index in [-0.39, 0.29) is 0 Å². The van der Waals surface area contributed by atoms with E-state index in [4.69, 9.17) is 4.79 Å². The molecule has 0 amide bonds. The number of carbonyl (C=O) groups excluding carboxylic acids is 2. The molecule has 0 aliphatic heterocycles. The topological polar surface area (TPSA) is 46.5 Å². The molecule has 1 rings (SSSR count). The summed E-state index contributed by atoms with van der Waals surface area (Å²) in [4.78, 5) is 21.8. The lowest BCUT2D eigenvalue weighted by molar-refractivity contribution is 0.112. The highest BCUT2D eigenvalue weighted by atomic mass is 16.1. The Bertz CT molecular complexity index is 263.